The molecule has 7 heteroatoms. The smallest absolute Gasteiger partial charge is 0.255 e. The molecule has 0 aliphatic heterocycles. The van der Waals surface area contributed by atoms with E-state index >= 15 is 0 Å². The molecule has 0 radical (unpaired) electrons. The lowest BCUT2D eigenvalue weighted by atomic mass is 10.4. The fourth-order valence-electron chi connectivity index (χ4n) is 1.19. The van der Waals surface area contributed by atoms with Crippen LogP contribution < -0.4 is 4.90 Å². The highest BCUT2D eigenvalue weighted by molar-refractivity contribution is 9.10. The van der Waals surface area contributed by atoms with Crippen molar-refractivity contribution >= 4 is 49.3 Å². The number of anilines is 1. The molecule has 0 aromatic carbocycles. The first-order valence-electron chi connectivity index (χ1n) is 4.44. The van der Waals surface area contributed by atoms with E-state index in [-0.39, 0.29) is 6.54 Å². The zero-order valence-corrected chi connectivity index (χ0v) is 12.1. The Morgan fingerprint density at radius 3 is 2.69 bits per heavy atom. The van der Waals surface area contributed by atoms with Gasteiger partial charge in [-0.15, -0.1) is 0 Å². The van der Waals surface area contributed by atoms with Crippen molar-refractivity contribution in [3.05, 3.63) is 21.8 Å². The van der Waals surface area contributed by atoms with Gasteiger partial charge in [0.1, 0.15) is 5.82 Å². The van der Waals surface area contributed by atoms with Crippen LogP contribution in [0.25, 0.3) is 0 Å². The van der Waals surface area contributed by atoms with Crippen molar-refractivity contribution in [2.45, 2.75) is 6.43 Å². The summed E-state index contributed by atoms with van der Waals surface area (Å²) in [5.74, 6) is 0.379. The van der Waals surface area contributed by atoms with Crippen molar-refractivity contribution in [3.63, 3.8) is 0 Å². The maximum Gasteiger partial charge on any atom is 0.255 e. The number of rotatable bonds is 5. The lowest BCUT2D eigenvalue weighted by Crippen LogP contribution is -2.31. The standard InChI is InChI=1S/C9H9Br2ClF2N2/c10-1-2-16(5-8(13)14)9-7(12)3-6(11)4-15-9/h3-4,8H,1-2,5H2. The Morgan fingerprint density at radius 1 is 1.50 bits per heavy atom. The van der Waals surface area contributed by atoms with Gasteiger partial charge in [0.2, 0.25) is 0 Å². The molecular weight excluding hydrogens is 369 g/mol. The largest absolute Gasteiger partial charge is 0.349 e. The first-order chi connectivity index (χ1) is 7.54. The summed E-state index contributed by atoms with van der Waals surface area (Å²) < 4.78 is 25.5. The first-order valence-corrected chi connectivity index (χ1v) is 6.74. The molecule has 1 aromatic heterocycles. The number of aromatic nitrogens is 1. The molecule has 16 heavy (non-hydrogen) atoms. The van der Waals surface area contributed by atoms with Gasteiger partial charge in [0, 0.05) is 22.5 Å². The summed E-state index contributed by atoms with van der Waals surface area (Å²) in [6, 6.07) is 1.64. The van der Waals surface area contributed by atoms with Crippen LogP contribution in [0.5, 0.6) is 0 Å². The lowest BCUT2D eigenvalue weighted by molar-refractivity contribution is 0.155. The number of hydrogen-bond donors (Lipinski definition) is 0. The van der Waals surface area contributed by atoms with Crippen molar-refractivity contribution in [3.8, 4) is 0 Å². The summed E-state index contributed by atoms with van der Waals surface area (Å²) in [4.78, 5) is 5.50. The van der Waals surface area contributed by atoms with Gasteiger partial charge in [-0.2, -0.15) is 0 Å². The molecule has 0 spiro atoms. The molecule has 90 valence electrons. The highest BCUT2D eigenvalue weighted by atomic mass is 79.9. The van der Waals surface area contributed by atoms with Crippen molar-refractivity contribution in [1.82, 2.24) is 4.98 Å². The van der Waals surface area contributed by atoms with Crippen LogP contribution in [-0.2, 0) is 0 Å². The maximum absolute atomic E-state index is 12.4. The predicted octanol–water partition coefficient (Wildman–Crippen LogP) is 3.96. The van der Waals surface area contributed by atoms with E-state index in [9.17, 15) is 8.78 Å². The van der Waals surface area contributed by atoms with E-state index in [2.05, 4.69) is 36.8 Å². The Morgan fingerprint density at radius 2 is 2.19 bits per heavy atom. The van der Waals surface area contributed by atoms with Crippen LogP contribution in [-0.4, -0.2) is 29.8 Å². The van der Waals surface area contributed by atoms with Crippen LogP contribution in [0.3, 0.4) is 0 Å². The second-order valence-corrected chi connectivity index (χ2v) is 5.10. The van der Waals surface area contributed by atoms with Gasteiger partial charge in [0.15, 0.2) is 0 Å². The molecule has 0 N–H and O–H groups in total. The number of nitrogens with zero attached hydrogens (tertiary/aromatic N) is 2. The Bertz CT molecular complexity index is 352. The van der Waals surface area contributed by atoms with E-state index in [1.54, 1.807) is 6.07 Å². The monoisotopic (exact) mass is 376 g/mol. The molecule has 0 unspecified atom stereocenters. The van der Waals surface area contributed by atoms with Crippen LogP contribution in [0.1, 0.15) is 0 Å². The summed E-state index contributed by atoms with van der Waals surface area (Å²) in [5, 5.41) is 0.935. The molecule has 1 aromatic rings. The third-order valence-corrected chi connectivity index (χ3v) is 2.87. The molecule has 0 atom stereocenters. The third kappa shape index (κ3) is 4.14. The third-order valence-electron chi connectivity index (χ3n) is 1.80. The molecule has 0 saturated carbocycles. The Kier molecular flexibility index (Phi) is 5.92. The highest BCUT2D eigenvalue weighted by Gasteiger charge is 2.16. The maximum atomic E-state index is 12.4. The van der Waals surface area contributed by atoms with Gasteiger partial charge in [-0.3, -0.25) is 0 Å². The molecular formula is C9H9Br2ClF2N2. The van der Waals surface area contributed by atoms with Gasteiger partial charge >= 0.3 is 0 Å². The van der Waals surface area contributed by atoms with Gasteiger partial charge in [0.25, 0.3) is 6.43 Å². The van der Waals surface area contributed by atoms with Crippen LogP contribution in [0.4, 0.5) is 14.6 Å². The van der Waals surface area contributed by atoms with Crippen LogP contribution in [0.2, 0.25) is 5.02 Å². The van der Waals surface area contributed by atoms with Gasteiger partial charge in [0.05, 0.1) is 11.6 Å². The fraction of sp³-hybridized carbons (Fsp3) is 0.444. The van der Waals surface area contributed by atoms with Crippen molar-refractivity contribution in [2.24, 2.45) is 0 Å². The van der Waals surface area contributed by atoms with E-state index in [1.807, 2.05) is 0 Å². The summed E-state index contributed by atoms with van der Waals surface area (Å²) >= 11 is 12.4. The number of halogens is 5. The van der Waals surface area contributed by atoms with Crippen LogP contribution >= 0.6 is 43.5 Å². The van der Waals surface area contributed by atoms with Crippen molar-refractivity contribution < 1.29 is 8.78 Å². The van der Waals surface area contributed by atoms with Crippen LogP contribution in [0, 0.1) is 0 Å². The SMILES string of the molecule is FC(F)CN(CCBr)c1ncc(Br)cc1Cl. The van der Waals surface area contributed by atoms with E-state index in [1.165, 1.54) is 11.1 Å². The minimum Gasteiger partial charge on any atom is -0.349 e. The zero-order chi connectivity index (χ0) is 12.1. The molecule has 0 amide bonds. The average molecular weight is 378 g/mol. The normalized spacial score (nSPS) is 10.9. The summed E-state index contributed by atoms with van der Waals surface area (Å²) in [6.45, 7) is 0.0542. The second-order valence-electron chi connectivity index (χ2n) is 2.99. The van der Waals surface area contributed by atoms with Gasteiger partial charge in [-0.1, -0.05) is 27.5 Å². The summed E-state index contributed by atoms with van der Waals surface area (Å²) in [5.41, 5.74) is 0. The fourth-order valence-corrected chi connectivity index (χ4v) is 2.37. The topological polar surface area (TPSA) is 16.1 Å². The number of hydrogen-bond acceptors (Lipinski definition) is 2. The first kappa shape index (κ1) is 14.1. The number of alkyl halides is 3. The van der Waals surface area contributed by atoms with Gasteiger partial charge in [-0.25, -0.2) is 13.8 Å². The van der Waals surface area contributed by atoms with E-state index in [4.69, 9.17) is 11.6 Å². The van der Waals surface area contributed by atoms with E-state index < -0.39 is 6.43 Å². The highest BCUT2D eigenvalue weighted by Crippen LogP contribution is 2.26. The molecule has 0 aliphatic rings. The minimum absolute atomic E-state index is 0.357. The molecule has 0 saturated heterocycles. The van der Waals surface area contributed by atoms with Crippen molar-refractivity contribution in [2.75, 3.05) is 23.3 Å². The molecule has 0 fully saturated rings. The Balaban J connectivity index is 2.91. The quantitative estimate of drug-likeness (QED) is 0.721. The predicted molar refractivity (Wildman–Crippen MR) is 69.0 cm³/mol. The Labute approximate surface area is 114 Å². The van der Waals surface area contributed by atoms with E-state index in [0.717, 1.165) is 4.47 Å². The average Bonchev–Trinajstić information content (AvgIpc) is 2.16. The van der Waals surface area contributed by atoms with Gasteiger partial charge in [-0.05, 0) is 22.0 Å². The Hall–Kier alpha value is 0.0600. The zero-order valence-electron chi connectivity index (χ0n) is 8.14. The molecule has 0 aliphatic carbocycles. The lowest BCUT2D eigenvalue weighted by Gasteiger charge is -2.23. The second kappa shape index (κ2) is 6.71. The molecule has 0 bridgehead atoms. The molecule has 1 rings (SSSR count). The summed E-state index contributed by atoms with van der Waals surface area (Å²) in [6.07, 6.45) is -0.881. The molecule has 2 nitrogen and oxygen atoms in total. The van der Waals surface area contributed by atoms with Crippen molar-refractivity contribution in [1.29, 1.82) is 0 Å². The van der Waals surface area contributed by atoms with Crippen LogP contribution in [0.15, 0.2) is 16.7 Å². The van der Waals surface area contributed by atoms with Gasteiger partial charge < -0.3 is 4.90 Å². The number of pyridine rings is 1. The summed E-state index contributed by atoms with van der Waals surface area (Å²) in [7, 11) is 0. The minimum atomic E-state index is -2.42. The molecule has 1 heterocycles. The van der Waals surface area contributed by atoms with E-state index in [0.29, 0.717) is 22.7 Å².